The first kappa shape index (κ1) is 53.1. The molecule has 320 valence electrons. The Hall–Kier alpha value is 0.110. The van der Waals surface area contributed by atoms with Crippen molar-refractivity contribution in [3.8, 4) is 0 Å². The first-order chi connectivity index (χ1) is 26.0. The van der Waals surface area contributed by atoms with Crippen molar-refractivity contribution in [3.63, 3.8) is 0 Å². The molecule has 0 rings (SSSR count). The minimum absolute atomic E-state index is 0.389. The van der Waals surface area contributed by atoms with E-state index in [1.807, 2.05) is 0 Å². The lowest BCUT2D eigenvalue weighted by atomic mass is 9.71. The highest BCUT2D eigenvalue weighted by molar-refractivity contribution is 7.48. The summed E-state index contributed by atoms with van der Waals surface area (Å²) in [7, 11) is -3.50. The molecule has 0 N–H and O–H groups in total. The third kappa shape index (κ3) is 36.2. The van der Waals surface area contributed by atoms with Gasteiger partial charge in [-0.1, -0.05) is 240 Å². The zero-order valence-corrected chi connectivity index (χ0v) is 38.2. The average Bonchev–Trinajstić information content (AvgIpc) is 3.16. The lowest BCUT2D eigenvalue weighted by Crippen LogP contribution is -2.22. The van der Waals surface area contributed by atoms with Gasteiger partial charge in [-0.15, -0.1) is 0 Å². The number of hydrogen-bond donors (Lipinski definition) is 0. The monoisotopic (exact) mass is 771 g/mol. The number of phosphoric acid groups is 1. The molecular weight excluding hydrogens is 671 g/mol. The molecule has 5 heteroatoms. The van der Waals surface area contributed by atoms with Gasteiger partial charge in [0, 0.05) is 0 Å². The first-order valence-electron chi connectivity index (χ1n) is 24.5. The minimum atomic E-state index is -3.50. The molecule has 0 aliphatic heterocycles. The van der Waals surface area contributed by atoms with Crippen LogP contribution in [0.25, 0.3) is 0 Å². The molecular formula is C48H99O4P. The van der Waals surface area contributed by atoms with Crippen LogP contribution in [0.4, 0.5) is 0 Å². The maximum absolute atomic E-state index is 13.5. The van der Waals surface area contributed by atoms with Crippen molar-refractivity contribution in [2.24, 2.45) is 5.41 Å². The van der Waals surface area contributed by atoms with Gasteiger partial charge in [0.1, 0.15) is 0 Å². The number of hydrogen-bond acceptors (Lipinski definition) is 4. The van der Waals surface area contributed by atoms with E-state index in [2.05, 4.69) is 34.6 Å². The van der Waals surface area contributed by atoms with Crippen molar-refractivity contribution in [2.45, 2.75) is 285 Å². The van der Waals surface area contributed by atoms with Crippen molar-refractivity contribution >= 4 is 7.82 Å². The second kappa shape index (κ2) is 41.7. The largest absolute Gasteiger partial charge is 0.474 e. The molecule has 0 unspecified atom stereocenters. The molecule has 0 saturated carbocycles. The highest BCUT2D eigenvalue weighted by atomic mass is 31.2. The second-order valence-electron chi connectivity index (χ2n) is 17.1. The van der Waals surface area contributed by atoms with Gasteiger partial charge < -0.3 is 0 Å². The Morgan fingerprint density at radius 1 is 0.283 bits per heavy atom. The van der Waals surface area contributed by atoms with Crippen LogP contribution >= 0.6 is 7.82 Å². The average molecular weight is 771 g/mol. The van der Waals surface area contributed by atoms with Gasteiger partial charge in [-0.2, -0.15) is 0 Å². The standard InChI is InChI=1S/C48H99O4P/c1-6-11-16-19-22-25-28-31-34-37-41-48(42-38-35-32-29-26-23-20-17-12-7-2,43-39-36-33-30-27-24-21-18-13-8-3)44-40-47-52-53(49,50-45-14-9-4)51-46-15-10-5/h6-47H2,1-5H3. The number of phosphoric ester groups is 1. The molecule has 0 spiro atoms. The third-order valence-electron chi connectivity index (χ3n) is 11.8. The zero-order valence-electron chi connectivity index (χ0n) is 37.3. The highest BCUT2D eigenvalue weighted by Gasteiger charge is 2.30. The van der Waals surface area contributed by atoms with Gasteiger partial charge in [0.15, 0.2) is 0 Å². The van der Waals surface area contributed by atoms with Crippen LogP contribution in [0.5, 0.6) is 0 Å². The van der Waals surface area contributed by atoms with E-state index in [4.69, 9.17) is 13.6 Å². The maximum Gasteiger partial charge on any atom is 0.474 e. The smallest absolute Gasteiger partial charge is 0.287 e. The molecule has 0 fully saturated rings. The summed E-state index contributed by atoms with van der Waals surface area (Å²) >= 11 is 0. The van der Waals surface area contributed by atoms with Crippen molar-refractivity contribution in [1.29, 1.82) is 0 Å². The fraction of sp³-hybridized carbons (Fsp3) is 1.00. The predicted octanol–water partition coefficient (Wildman–Crippen LogP) is 18.4. The van der Waals surface area contributed by atoms with Gasteiger partial charge in [0.2, 0.25) is 0 Å². The Kier molecular flexibility index (Phi) is 41.8. The molecule has 4 nitrogen and oxygen atoms in total. The van der Waals surface area contributed by atoms with Crippen molar-refractivity contribution in [1.82, 2.24) is 0 Å². The summed E-state index contributed by atoms with van der Waals surface area (Å²) in [5.74, 6) is 0. The van der Waals surface area contributed by atoms with Gasteiger partial charge in [0.25, 0.3) is 0 Å². The Morgan fingerprint density at radius 3 is 0.755 bits per heavy atom. The van der Waals surface area contributed by atoms with E-state index < -0.39 is 7.82 Å². The van der Waals surface area contributed by atoms with Gasteiger partial charge in [-0.25, -0.2) is 4.57 Å². The molecule has 0 amide bonds. The van der Waals surface area contributed by atoms with Gasteiger partial charge >= 0.3 is 7.82 Å². The topological polar surface area (TPSA) is 44.8 Å². The van der Waals surface area contributed by atoms with Crippen LogP contribution < -0.4 is 0 Å². The van der Waals surface area contributed by atoms with Crippen molar-refractivity contribution in [2.75, 3.05) is 19.8 Å². The fourth-order valence-electron chi connectivity index (χ4n) is 8.09. The molecule has 0 aromatic carbocycles. The van der Waals surface area contributed by atoms with Crippen LogP contribution in [0.2, 0.25) is 0 Å². The molecule has 0 saturated heterocycles. The maximum atomic E-state index is 13.5. The minimum Gasteiger partial charge on any atom is -0.287 e. The van der Waals surface area contributed by atoms with E-state index in [1.54, 1.807) is 0 Å². The summed E-state index contributed by atoms with van der Waals surface area (Å²) in [5, 5.41) is 0. The Balaban J connectivity index is 5.33. The van der Waals surface area contributed by atoms with Crippen molar-refractivity contribution in [3.05, 3.63) is 0 Å². The van der Waals surface area contributed by atoms with Crippen LogP contribution in [0.3, 0.4) is 0 Å². The second-order valence-corrected chi connectivity index (χ2v) is 18.7. The van der Waals surface area contributed by atoms with E-state index in [1.165, 1.54) is 218 Å². The molecule has 0 heterocycles. The summed E-state index contributed by atoms with van der Waals surface area (Å²) in [4.78, 5) is 0. The van der Waals surface area contributed by atoms with E-state index in [9.17, 15) is 4.57 Å². The highest BCUT2D eigenvalue weighted by Crippen LogP contribution is 2.50. The SMILES string of the molecule is CCCCCCCCCCCCC(CCCCCCCCCCCC)(CCCCCCCCCCCC)CCCOP(=O)(OCCCC)OCCCC. The third-order valence-corrected chi connectivity index (χ3v) is 13.3. The molecule has 0 aromatic rings. The molecule has 0 bridgehead atoms. The van der Waals surface area contributed by atoms with Gasteiger partial charge in [-0.05, 0) is 50.4 Å². The Bertz CT molecular complexity index is 669. The quantitative estimate of drug-likeness (QED) is 0.0457. The summed E-state index contributed by atoms with van der Waals surface area (Å²) < 4.78 is 31.1. The van der Waals surface area contributed by atoms with Crippen LogP contribution in [0.15, 0.2) is 0 Å². The number of rotatable bonds is 46. The van der Waals surface area contributed by atoms with E-state index >= 15 is 0 Å². The lowest BCUT2D eigenvalue weighted by Gasteiger charge is -2.35. The Morgan fingerprint density at radius 2 is 0.491 bits per heavy atom. The summed E-state index contributed by atoms with van der Waals surface area (Å²) in [6, 6.07) is 0. The predicted molar refractivity (Wildman–Crippen MR) is 236 cm³/mol. The lowest BCUT2D eigenvalue weighted by molar-refractivity contribution is 0.1000. The zero-order chi connectivity index (χ0) is 38.8. The van der Waals surface area contributed by atoms with E-state index in [0.29, 0.717) is 25.2 Å². The summed E-state index contributed by atoms with van der Waals surface area (Å²) in [6.07, 6.45) is 52.0. The fourth-order valence-corrected chi connectivity index (χ4v) is 9.37. The van der Waals surface area contributed by atoms with Crippen LogP contribution in [-0.2, 0) is 18.1 Å². The Labute approximate surface area is 335 Å². The van der Waals surface area contributed by atoms with Gasteiger partial charge in [-0.3, -0.25) is 13.6 Å². The van der Waals surface area contributed by atoms with Crippen LogP contribution in [0, 0.1) is 5.41 Å². The summed E-state index contributed by atoms with van der Waals surface area (Å²) in [5.41, 5.74) is 0.389. The van der Waals surface area contributed by atoms with Gasteiger partial charge in [0.05, 0.1) is 19.8 Å². The first-order valence-corrected chi connectivity index (χ1v) is 26.0. The molecule has 0 aromatic heterocycles. The molecule has 0 aliphatic carbocycles. The van der Waals surface area contributed by atoms with Crippen LogP contribution in [-0.4, -0.2) is 19.8 Å². The molecule has 0 atom stereocenters. The molecule has 0 radical (unpaired) electrons. The van der Waals surface area contributed by atoms with Crippen LogP contribution in [0.1, 0.15) is 285 Å². The molecule has 0 aliphatic rings. The van der Waals surface area contributed by atoms with E-state index in [-0.39, 0.29) is 0 Å². The van der Waals surface area contributed by atoms with E-state index in [0.717, 1.165) is 32.1 Å². The number of unbranched alkanes of at least 4 members (excludes halogenated alkanes) is 29. The van der Waals surface area contributed by atoms with Crippen molar-refractivity contribution < 1.29 is 18.1 Å². The normalized spacial score (nSPS) is 12.3. The summed E-state index contributed by atoms with van der Waals surface area (Å²) in [6.45, 7) is 12.6. The molecule has 53 heavy (non-hydrogen) atoms.